The monoisotopic (exact) mass is 906 g/mol. The van der Waals surface area contributed by atoms with Gasteiger partial charge in [0.25, 0.3) is 0 Å². The number of methoxy groups -OCH3 is 1. The van der Waals surface area contributed by atoms with Crippen molar-refractivity contribution < 1.29 is 108 Å². The van der Waals surface area contributed by atoms with Gasteiger partial charge in [-0.05, 0) is 50.2 Å². The molecule has 7 rings (SSSR count). The summed E-state index contributed by atoms with van der Waals surface area (Å²) in [5.41, 5.74) is -1.90. The zero-order chi connectivity index (χ0) is 46.5. The molecule has 0 spiro atoms. The Kier molecular flexibility index (Phi) is 13.4. The van der Waals surface area contributed by atoms with Crippen molar-refractivity contribution in [2.45, 2.75) is 106 Å². The Morgan fingerprint density at radius 2 is 1.23 bits per heavy atom. The summed E-state index contributed by atoms with van der Waals surface area (Å²) in [6, 6.07) is 9.37. The molecule has 0 aliphatic carbocycles. The number of ether oxygens (including phenoxy) is 8. The highest BCUT2D eigenvalue weighted by Gasteiger charge is 2.50. The Balaban J connectivity index is 1.28. The first kappa shape index (κ1) is 46.5. The topological polar surface area (TPSA) is 364 Å². The molecular weight excluding hydrogens is 860 g/mol. The normalized spacial score (nSPS) is 33.1. The Morgan fingerprint density at radius 1 is 0.641 bits per heavy atom. The summed E-state index contributed by atoms with van der Waals surface area (Å²) in [4.78, 5) is 28.0. The SMILES string of the molecule is COc1ccc(-c2oc3cc(OC4OC(C)C(O)C(O)C4O)cc(O)c3c(=O)c2OC2OC(COC3OC(C)C(O)C(O)C3O)C(O)C(O)C2OC(=O)c2cc(O)c(O)c(O)c2)cc1. The molecule has 0 amide bonds. The number of aliphatic hydroxyl groups is 8. The van der Waals surface area contributed by atoms with Crippen LogP contribution < -0.4 is 19.6 Å². The van der Waals surface area contributed by atoms with Crippen molar-refractivity contribution in [3.05, 3.63) is 64.3 Å². The maximum Gasteiger partial charge on any atom is 0.339 e. The minimum Gasteiger partial charge on any atom is -0.507 e. The van der Waals surface area contributed by atoms with Crippen molar-refractivity contribution in [3.63, 3.8) is 0 Å². The van der Waals surface area contributed by atoms with Crippen molar-refractivity contribution >= 4 is 16.9 Å². The van der Waals surface area contributed by atoms with Crippen molar-refractivity contribution in [1.29, 1.82) is 0 Å². The molecule has 15 unspecified atom stereocenters. The van der Waals surface area contributed by atoms with E-state index >= 15 is 0 Å². The molecule has 4 aromatic rings. The molecular formula is C41H46O23. The molecule has 12 N–H and O–H groups in total. The lowest BCUT2D eigenvalue weighted by molar-refractivity contribution is -0.318. The van der Waals surface area contributed by atoms with Crippen LogP contribution in [0.25, 0.3) is 22.3 Å². The van der Waals surface area contributed by atoms with Crippen molar-refractivity contribution in [3.8, 4) is 51.6 Å². The molecule has 0 radical (unpaired) electrons. The second kappa shape index (κ2) is 18.5. The summed E-state index contributed by atoms with van der Waals surface area (Å²) < 4.78 is 51.2. The highest BCUT2D eigenvalue weighted by atomic mass is 16.7. The lowest BCUT2D eigenvalue weighted by Gasteiger charge is -2.43. The highest BCUT2D eigenvalue weighted by molar-refractivity contribution is 5.91. The standard InChI is InChI=1S/C41H46O23/c1-13-25(45)30(50)33(53)39(58-13)57-12-23-28(48)32(52)37(63-38(55)16-8-20(43)27(47)21(44)9-16)41(62-23)64-36-29(49)24-19(42)10-18(60-40-34(54)31(51)26(46)14(2)59-40)11-22(24)61-35(36)15-4-6-17(56-3)7-5-15/h4-11,13-14,23,25-26,28,30-34,37,39-48,50-54H,12H2,1-3H3. The predicted octanol–water partition coefficient (Wildman–Crippen LogP) is -1.61. The average Bonchev–Trinajstić information content (AvgIpc) is 3.27. The van der Waals surface area contributed by atoms with Gasteiger partial charge >= 0.3 is 5.97 Å². The lowest BCUT2D eigenvalue weighted by atomic mass is 9.98. The van der Waals surface area contributed by atoms with E-state index in [9.17, 15) is 70.9 Å². The number of hydrogen-bond donors (Lipinski definition) is 12. The van der Waals surface area contributed by atoms with Crippen LogP contribution in [-0.2, 0) is 23.7 Å². The van der Waals surface area contributed by atoms with Gasteiger partial charge in [-0.25, -0.2) is 4.79 Å². The Labute approximate surface area is 360 Å². The zero-order valence-electron chi connectivity index (χ0n) is 33.8. The van der Waals surface area contributed by atoms with Crippen molar-refractivity contribution in [2.75, 3.05) is 13.7 Å². The summed E-state index contributed by atoms with van der Waals surface area (Å²) >= 11 is 0. The molecule has 0 saturated carbocycles. The third kappa shape index (κ3) is 8.93. The molecule has 3 fully saturated rings. The fourth-order valence-corrected chi connectivity index (χ4v) is 7.24. The van der Waals surface area contributed by atoms with E-state index in [0.29, 0.717) is 17.9 Å². The number of phenols is 4. The molecule has 15 atom stereocenters. The molecule has 23 nitrogen and oxygen atoms in total. The molecule has 348 valence electrons. The summed E-state index contributed by atoms with van der Waals surface area (Å²) in [5, 5.41) is 125. The molecule has 3 saturated heterocycles. The number of aliphatic hydroxyl groups excluding tert-OH is 8. The smallest absolute Gasteiger partial charge is 0.339 e. The van der Waals surface area contributed by atoms with E-state index in [4.69, 9.17) is 42.3 Å². The third-order valence-corrected chi connectivity index (χ3v) is 11.0. The van der Waals surface area contributed by atoms with Crippen LogP contribution in [-0.4, -0.2) is 173 Å². The summed E-state index contributed by atoms with van der Waals surface area (Å²) in [6.45, 7) is 2.06. The third-order valence-electron chi connectivity index (χ3n) is 11.0. The zero-order valence-corrected chi connectivity index (χ0v) is 33.8. The molecule has 23 heteroatoms. The van der Waals surface area contributed by atoms with Gasteiger partial charge in [-0.1, -0.05) is 0 Å². The molecule has 0 bridgehead atoms. The second-order valence-corrected chi connectivity index (χ2v) is 15.3. The Bertz CT molecular complexity index is 2350. The van der Waals surface area contributed by atoms with Gasteiger partial charge < -0.3 is 104 Å². The number of aromatic hydroxyl groups is 4. The van der Waals surface area contributed by atoms with E-state index in [1.807, 2.05) is 0 Å². The van der Waals surface area contributed by atoms with Crippen molar-refractivity contribution in [2.24, 2.45) is 0 Å². The average molecular weight is 907 g/mol. The molecule has 4 heterocycles. The van der Waals surface area contributed by atoms with E-state index in [2.05, 4.69) is 0 Å². The number of fused-ring (bicyclic) bond motifs is 1. The van der Waals surface area contributed by atoms with Crippen LogP contribution in [0.15, 0.2) is 57.7 Å². The van der Waals surface area contributed by atoms with Gasteiger partial charge in [0, 0.05) is 17.7 Å². The predicted molar refractivity (Wildman–Crippen MR) is 209 cm³/mol. The number of hydrogen-bond acceptors (Lipinski definition) is 23. The fourth-order valence-electron chi connectivity index (χ4n) is 7.24. The maximum absolute atomic E-state index is 14.6. The molecule has 1 aromatic heterocycles. The summed E-state index contributed by atoms with van der Waals surface area (Å²) in [5.74, 6) is -5.99. The molecule has 3 aliphatic heterocycles. The van der Waals surface area contributed by atoms with E-state index in [1.165, 1.54) is 45.2 Å². The summed E-state index contributed by atoms with van der Waals surface area (Å²) in [7, 11) is 1.40. The van der Waals surface area contributed by atoms with Crippen LogP contribution in [0.1, 0.15) is 24.2 Å². The lowest BCUT2D eigenvalue weighted by Crippen LogP contribution is -2.62. The maximum atomic E-state index is 14.6. The largest absolute Gasteiger partial charge is 0.507 e. The fraction of sp³-hybridized carbons (Fsp3) is 0.463. The minimum atomic E-state index is -2.16. The van der Waals surface area contributed by atoms with Crippen molar-refractivity contribution in [1.82, 2.24) is 0 Å². The van der Waals surface area contributed by atoms with Crippen LogP contribution in [0, 0.1) is 0 Å². The van der Waals surface area contributed by atoms with Gasteiger partial charge in [0.05, 0.1) is 31.5 Å². The Hall–Kier alpha value is -5.54. The Morgan fingerprint density at radius 3 is 1.84 bits per heavy atom. The van der Waals surface area contributed by atoms with Crippen LogP contribution in [0.3, 0.4) is 0 Å². The minimum absolute atomic E-state index is 0.121. The molecule has 3 aromatic carbocycles. The van der Waals surface area contributed by atoms with Crippen LogP contribution in [0.5, 0.6) is 40.2 Å². The highest BCUT2D eigenvalue weighted by Crippen LogP contribution is 2.40. The first-order valence-corrected chi connectivity index (χ1v) is 19.6. The number of carbonyl (C=O) groups is 1. The van der Waals surface area contributed by atoms with Gasteiger partial charge in [0.15, 0.2) is 35.4 Å². The molecule has 64 heavy (non-hydrogen) atoms. The first-order valence-electron chi connectivity index (χ1n) is 19.6. The second-order valence-electron chi connectivity index (χ2n) is 15.3. The van der Waals surface area contributed by atoms with E-state index in [1.54, 1.807) is 0 Å². The first-order chi connectivity index (χ1) is 30.3. The van der Waals surface area contributed by atoms with Crippen LogP contribution in [0.4, 0.5) is 0 Å². The molecule has 3 aliphatic rings. The van der Waals surface area contributed by atoms with Gasteiger partial charge in [-0.3, -0.25) is 4.79 Å². The van der Waals surface area contributed by atoms with E-state index in [-0.39, 0.29) is 22.7 Å². The van der Waals surface area contributed by atoms with Crippen LogP contribution in [0.2, 0.25) is 0 Å². The quantitative estimate of drug-likeness (QED) is 0.0595. The van der Waals surface area contributed by atoms with Gasteiger partial charge in [0.1, 0.15) is 83.2 Å². The van der Waals surface area contributed by atoms with E-state index < -0.39 is 150 Å². The van der Waals surface area contributed by atoms with E-state index in [0.717, 1.165) is 12.1 Å². The number of phenolic OH excluding ortho intramolecular Hbond substituents is 4. The number of carbonyl (C=O) groups excluding carboxylic acids is 1. The van der Waals surface area contributed by atoms with Gasteiger partial charge in [0.2, 0.25) is 23.8 Å². The number of esters is 1. The van der Waals surface area contributed by atoms with Gasteiger partial charge in [-0.15, -0.1) is 0 Å². The summed E-state index contributed by atoms with van der Waals surface area (Å²) in [6.07, 6.45) is -25.1. The van der Waals surface area contributed by atoms with Crippen LogP contribution >= 0.6 is 0 Å². The number of benzene rings is 3. The van der Waals surface area contributed by atoms with Gasteiger partial charge in [-0.2, -0.15) is 0 Å². The number of rotatable bonds is 11.